The first kappa shape index (κ1) is 11.2. The maximum atomic E-state index is 2.72. The van der Waals surface area contributed by atoms with Gasteiger partial charge in [0.05, 0.1) is 0 Å². The zero-order valence-corrected chi connectivity index (χ0v) is 10.8. The summed E-state index contributed by atoms with van der Waals surface area (Å²) in [7, 11) is 0. The first-order valence-electron chi connectivity index (χ1n) is 6.42. The fraction of sp³-hybridized carbons (Fsp3) is 0.857. The molecular formula is C14H25N. The van der Waals surface area contributed by atoms with E-state index in [1.807, 2.05) is 0 Å². The van der Waals surface area contributed by atoms with E-state index in [1.165, 1.54) is 38.8 Å². The van der Waals surface area contributed by atoms with E-state index >= 15 is 0 Å². The van der Waals surface area contributed by atoms with Crippen LogP contribution in [0.1, 0.15) is 53.4 Å². The Kier molecular flexibility index (Phi) is 2.70. The first-order valence-corrected chi connectivity index (χ1v) is 6.42. The minimum atomic E-state index is 0.446. The second-order valence-electron chi connectivity index (χ2n) is 6.40. The summed E-state index contributed by atoms with van der Waals surface area (Å²) in [4.78, 5) is 2.72. The largest absolute Gasteiger partial charge is 0.290 e. The van der Waals surface area contributed by atoms with E-state index in [-0.39, 0.29) is 0 Å². The molecule has 1 fully saturated rings. The van der Waals surface area contributed by atoms with Gasteiger partial charge >= 0.3 is 0 Å². The molecule has 1 nitrogen and oxygen atoms in total. The van der Waals surface area contributed by atoms with Crippen molar-refractivity contribution in [1.82, 2.24) is 4.90 Å². The van der Waals surface area contributed by atoms with Crippen molar-refractivity contribution in [1.29, 1.82) is 0 Å². The molecule has 0 radical (unpaired) electrons. The van der Waals surface area contributed by atoms with Gasteiger partial charge in [0, 0.05) is 12.1 Å². The molecule has 2 aliphatic rings. The lowest BCUT2D eigenvalue weighted by molar-refractivity contribution is 0.145. The normalized spacial score (nSPS) is 31.9. The maximum Gasteiger partial charge on any atom is 0.0429 e. The van der Waals surface area contributed by atoms with E-state index in [0.717, 1.165) is 0 Å². The molecule has 15 heavy (non-hydrogen) atoms. The third kappa shape index (κ3) is 1.87. The van der Waals surface area contributed by atoms with Gasteiger partial charge in [0.25, 0.3) is 0 Å². The highest BCUT2D eigenvalue weighted by Gasteiger charge is 2.47. The molecule has 0 saturated carbocycles. The van der Waals surface area contributed by atoms with Crippen molar-refractivity contribution in [3.05, 3.63) is 11.6 Å². The third-order valence-electron chi connectivity index (χ3n) is 3.98. The molecule has 0 aromatic heterocycles. The minimum Gasteiger partial charge on any atom is -0.290 e. The predicted octanol–water partition coefficient (Wildman–Crippen LogP) is 3.61. The Morgan fingerprint density at radius 3 is 2.73 bits per heavy atom. The fourth-order valence-corrected chi connectivity index (χ4v) is 3.64. The Morgan fingerprint density at radius 1 is 1.40 bits per heavy atom. The van der Waals surface area contributed by atoms with Crippen molar-refractivity contribution in [2.75, 3.05) is 13.1 Å². The highest BCUT2D eigenvalue weighted by Crippen LogP contribution is 2.47. The van der Waals surface area contributed by atoms with Crippen molar-refractivity contribution in [2.45, 2.75) is 58.9 Å². The van der Waals surface area contributed by atoms with Crippen molar-refractivity contribution >= 4 is 0 Å². The van der Waals surface area contributed by atoms with Gasteiger partial charge in [-0.25, -0.2) is 0 Å². The minimum absolute atomic E-state index is 0.446. The fourth-order valence-electron chi connectivity index (χ4n) is 3.64. The van der Waals surface area contributed by atoms with Gasteiger partial charge in [-0.15, -0.1) is 0 Å². The predicted molar refractivity (Wildman–Crippen MR) is 66.0 cm³/mol. The van der Waals surface area contributed by atoms with Crippen molar-refractivity contribution in [3.8, 4) is 0 Å². The summed E-state index contributed by atoms with van der Waals surface area (Å²) in [6.07, 6.45) is 7.86. The van der Waals surface area contributed by atoms with Crippen LogP contribution in [0.25, 0.3) is 0 Å². The van der Waals surface area contributed by atoms with E-state index in [0.29, 0.717) is 11.0 Å². The highest BCUT2D eigenvalue weighted by atomic mass is 15.2. The zero-order chi connectivity index (χ0) is 11.1. The standard InChI is InChI=1S/C14H25N/c1-5-12-7-10-15-9-6-8-14(12,15)11-13(2,3)4/h7H,5-6,8-11H2,1-4H3. The van der Waals surface area contributed by atoms with Gasteiger partial charge < -0.3 is 0 Å². The molecule has 2 heterocycles. The molecule has 1 unspecified atom stereocenters. The number of nitrogens with zero attached hydrogens (tertiary/aromatic N) is 1. The summed E-state index contributed by atoms with van der Waals surface area (Å²) in [6, 6.07) is 0. The highest BCUT2D eigenvalue weighted by molar-refractivity contribution is 5.29. The van der Waals surface area contributed by atoms with Gasteiger partial charge in [-0.05, 0) is 37.6 Å². The molecule has 2 aliphatic heterocycles. The first-order chi connectivity index (χ1) is 6.98. The molecular weight excluding hydrogens is 182 g/mol. The van der Waals surface area contributed by atoms with Crippen molar-refractivity contribution in [2.24, 2.45) is 5.41 Å². The van der Waals surface area contributed by atoms with Crippen LogP contribution in [-0.2, 0) is 0 Å². The van der Waals surface area contributed by atoms with E-state index in [2.05, 4.69) is 38.7 Å². The molecule has 1 atom stereocenters. The number of rotatable bonds is 2. The average Bonchev–Trinajstić information content (AvgIpc) is 2.58. The molecule has 0 bridgehead atoms. The van der Waals surface area contributed by atoms with E-state index in [1.54, 1.807) is 5.57 Å². The molecule has 0 spiro atoms. The lowest BCUT2D eigenvalue weighted by Gasteiger charge is -2.40. The summed E-state index contributed by atoms with van der Waals surface area (Å²) in [5.41, 5.74) is 2.61. The van der Waals surface area contributed by atoms with Crippen molar-refractivity contribution in [3.63, 3.8) is 0 Å². The number of fused-ring (bicyclic) bond motifs is 1. The number of hydrogen-bond acceptors (Lipinski definition) is 1. The molecule has 0 amide bonds. The van der Waals surface area contributed by atoms with Gasteiger partial charge in [0.2, 0.25) is 0 Å². The Labute approximate surface area is 94.5 Å². The molecule has 1 heteroatoms. The Hall–Kier alpha value is -0.300. The van der Waals surface area contributed by atoms with Gasteiger partial charge in [-0.3, -0.25) is 4.90 Å². The Bertz CT molecular complexity index is 272. The number of hydrogen-bond donors (Lipinski definition) is 0. The molecule has 0 aromatic rings. The molecule has 0 aromatic carbocycles. The topological polar surface area (TPSA) is 3.24 Å². The smallest absolute Gasteiger partial charge is 0.0429 e. The van der Waals surface area contributed by atoms with Crippen LogP contribution >= 0.6 is 0 Å². The SMILES string of the molecule is CCC1=CCN2CCCC12CC(C)(C)C. The maximum absolute atomic E-state index is 2.72. The van der Waals surface area contributed by atoms with Crippen LogP contribution in [0.15, 0.2) is 11.6 Å². The summed E-state index contributed by atoms with van der Waals surface area (Å²) in [6.45, 7) is 12.0. The summed E-state index contributed by atoms with van der Waals surface area (Å²) >= 11 is 0. The monoisotopic (exact) mass is 207 g/mol. The Balaban J connectivity index is 2.25. The second kappa shape index (κ2) is 3.62. The van der Waals surface area contributed by atoms with Crippen LogP contribution < -0.4 is 0 Å². The zero-order valence-electron chi connectivity index (χ0n) is 10.8. The molecule has 0 aliphatic carbocycles. The van der Waals surface area contributed by atoms with Gasteiger partial charge in [-0.1, -0.05) is 39.3 Å². The van der Waals surface area contributed by atoms with Gasteiger partial charge in [0.1, 0.15) is 0 Å². The second-order valence-corrected chi connectivity index (χ2v) is 6.40. The van der Waals surface area contributed by atoms with Crippen LogP contribution in [0.4, 0.5) is 0 Å². The van der Waals surface area contributed by atoms with Gasteiger partial charge in [0.15, 0.2) is 0 Å². The van der Waals surface area contributed by atoms with Crippen LogP contribution in [0.2, 0.25) is 0 Å². The molecule has 2 rings (SSSR count). The molecule has 86 valence electrons. The van der Waals surface area contributed by atoms with Crippen molar-refractivity contribution < 1.29 is 0 Å². The summed E-state index contributed by atoms with van der Waals surface area (Å²) in [5.74, 6) is 0. The van der Waals surface area contributed by atoms with Gasteiger partial charge in [-0.2, -0.15) is 0 Å². The lowest BCUT2D eigenvalue weighted by atomic mass is 9.74. The van der Waals surface area contributed by atoms with Crippen LogP contribution in [-0.4, -0.2) is 23.5 Å². The average molecular weight is 207 g/mol. The van der Waals surface area contributed by atoms with Crippen LogP contribution in [0.5, 0.6) is 0 Å². The third-order valence-corrected chi connectivity index (χ3v) is 3.98. The van der Waals surface area contributed by atoms with Crippen LogP contribution in [0, 0.1) is 5.41 Å². The van der Waals surface area contributed by atoms with Crippen LogP contribution in [0.3, 0.4) is 0 Å². The Morgan fingerprint density at radius 2 is 2.13 bits per heavy atom. The quantitative estimate of drug-likeness (QED) is 0.625. The lowest BCUT2D eigenvalue weighted by Crippen LogP contribution is -2.44. The van der Waals surface area contributed by atoms with E-state index in [9.17, 15) is 0 Å². The summed E-state index contributed by atoms with van der Waals surface area (Å²) < 4.78 is 0. The van der Waals surface area contributed by atoms with E-state index in [4.69, 9.17) is 0 Å². The van der Waals surface area contributed by atoms with E-state index < -0.39 is 0 Å². The molecule has 1 saturated heterocycles. The summed E-state index contributed by atoms with van der Waals surface area (Å²) in [5, 5.41) is 0. The molecule has 0 N–H and O–H groups in total.